The fourth-order valence-corrected chi connectivity index (χ4v) is 3.21. The SMILES string of the molecule is N#Cc1cccnc1NCc1ccc(CNCC(=O)N2CCC[C@H]2C#N)cc1. The topological polar surface area (TPSA) is 105 Å². The maximum absolute atomic E-state index is 12.2. The zero-order valence-corrected chi connectivity index (χ0v) is 15.6. The Kier molecular flexibility index (Phi) is 6.56. The number of amides is 1. The van der Waals surface area contributed by atoms with Crippen molar-refractivity contribution in [2.75, 3.05) is 18.4 Å². The Morgan fingerprint density at radius 2 is 1.93 bits per heavy atom. The molecule has 1 aliphatic rings. The van der Waals surface area contributed by atoms with Crippen molar-refractivity contribution in [1.29, 1.82) is 10.5 Å². The molecular weight excluding hydrogens is 352 g/mol. The Hall–Kier alpha value is -3.42. The fourth-order valence-electron chi connectivity index (χ4n) is 3.21. The number of benzene rings is 1. The van der Waals surface area contributed by atoms with Crippen molar-refractivity contribution in [2.45, 2.75) is 32.0 Å². The smallest absolute Gasteiger partial charge is 0.237 e. The summed E-state index contributed by atoms with van der Waals surface area (Å²) in [6.07, 6.45) is 3.32. The molecule has 28 heavy (non-hydrogen) atoms. The van der Waals surface area contributed by atoms with E-state index in [-0.39, 0.29) is 18.5 Å². The van der Waals surface area contributed by atoms with E-state index < -0.39 is 0 Å². The summed E-state index contributed by atoms with van der Waals surface area (Å²) in [7, 11) is 0. The molecule has 2 aromatic rings. The molecule has 1 amide bonds. The molecule has 7 heteroatoms. The molecule has 142 valence electrons. The highest BCUT2D eigenvalue weighted by molar-refractivity contribution is 5.79. The Morgan fingerprint density at radius 1 is 1.18 bits per heavy atom. The number of carbonyl (C=O) groups is 1. The molecule has 1 aliphatic heterocycles. The van der Waals surface area contributed by atoms with Crippen LogP contribution in [0.4, 0.5) is 5.82 Å². The molecule has 0 unspecified atom stereocenters. The van der Waals surface area contributed by atoms with Crippen molar-refractivity contribution in [2.24, 2.45) is 0 Å². The second kappa shape index (κ2) is 9.50. The van der Waals surface area contributed by atoms with E-state index in [1.165, 1.54) is 0 Å². The highest BCUT2D eigenvalue weighted by atomic mass is 16.2. The van der Waals surface area contributed by atoms with Gasteiger partial charge in [-0.15, -0.1) is 0 Å². The van der Waals surface area contributed by atoms with Gasteiger partial charge in [0, 0.05) is 25.8 Å². The van der Waals surface area contributed by atoms with Gasteiger partial charge in [-0.05, 0) is 36.1 Å². The zero-order valence-electron chi connectivity index (χ0n) is 15.6. The number of nitriles is 2. The molecule has 0 aliphatic carbocycles. The van der Waals surface area contributed by atoms with Gasteiger partial charge < -0.3 is 15.5 Å². The highest BCUT2D eigenvalue weighted by Gasteiger charge is 2.27. The van der Waals surface area contributed by atoms with Crippen LogP contribution >= 0.6 is 0 Å². The van der Waals surface area contributed by atoms with Crippen molar-refractivity contribution < 1.29 is 4.79 Å². The van der Waals surface area contributed by atoms with Crippen LogP contribution in [0.15, 0.2) is 42.6 Å². The van der Waals surface area contributed by atoms with E-state index in [0.717, 1.165) is 24.0 Å². The number of likely N-dealkylation sites (tertiary alicyclic amines) is 1. The third kappa shape index (κ3) is 4.85. The monoisotopic (exact) mass is 374 g/mol. The van der Waals surface area contributed by atoms with Crippen molar-refractivity contribution >= 4 is 11.7 Å². The average molecular weight is 374 g/mol. The highest BCUT2D eigenvalue weighted by Crippen LogP contribution is 2.16. The van der Waals surface area contributed by atoms with E-state index in [9.17, 15) is 4.79 Å². The minimum absolute atomic E-state index is 0.0199. The number of anilines is 1. The number of hydrogen-bond donors (Lipinski definition) is 2. The third-order valence-electron chi connectivity index (χ3n) is 4.74. The lowest BCUT2D eigenvalue weighted by Crippen LogP contribution is -2.40. The fraction of sp³-hybridized carbons (Fsp3) is 0.333. The second-order valence-corrected chi connectivity index (χ2v) is 6.66. The van der Waals surface area contributed by atoms with Gasteiger partial charge in [-0.3, -0.25) is 4.79 Å². The maximum Gasteiger partial charge on any atom is 0.237 e. The Morgan fingerprint density at radius 3 is 2.64 bits per heavy atom. The van der Waals surface area contributed by atoms with Gasteiger partial charge in [-0.2, -0.15) is 10.5 Å². The van der Waals surface area contributed by atoms with Gasteiger partial charge >= 0.3 is 0 Å². The lowest BCUT2D eigenvalue weighted by atomic mass is 10.1. The van der Waals surface area contributed by atoms with E-state index >= 15 is 0 Å². The van der Waals surface area contributed by atoms with Crippen LogP contribution in [0.2, 0.25) is 0 Å². The lowest BCUT2D eigenvalue weighted by molar-refractivity contribution is -0.130. The van der Waals surface area contributed by atoms with Gasteiger partial charge in [0.25, 0.3) is 0 Å². The first-order chi connectivity index (χ1) is 13.7. The van der Waals surface area contributed by atoms with Crippen molar-refractivity contribution in [1.82, 2.24) is 15.2 Å². The van der Waals surface area contributed by atoms with Gasteiger partial charge in [-0.25, -0.2) is 4.98 Å². The first kappa shape index (κ1) is 19.3. The van der Waals surface area contributed by atoms with E-state index in [4.69, 9.17) is 10.5 Å². The van der Waals surface area contributed by atoms with Crippen molar-refractivity contribution in [3.05, 3.63) is 59.3 Å². The number of nitrogens with zero attached hydrogens (tertiary/aromatic N) is 4. The van der Waals surface area contributed by atoms with Gasteiger partial charge in [0.15, 0.2) is 0 Å². The summed E-state index contributed by atoms with van der Waals surface area (Å²) in [5.41, 5.74) is 2.67. The predicted molar refractivity (Wildman–Crippen MR) is 105 cm³/mol. The molecule has 3 rings (SSSR count). The van der Waals surface area contributed by atoms with Gasteiger partial charge in [0.2, 0.25) is 5.91 Å². The van der Waals surface area contributed by atoms with Crippen LogP contribution in [0.3, 0.4) is 0 Å². The van der Waals surface area contributed by atoms with Crippen LogP contribution in [0, 0.1) is 22.7 Å². The molecule has 0 saturated carbocycles. The van der Waals surface area contributed by atoms with E-state index in [1.54, 1.807) is 23.2 Å². The zero-order chi connectivity index (χ0) is 19.8. The number of rotatable bonds is 7. The lowest BCUT2D eigenvalue weighted by Gasteiger charge is -2.19. The molecular formula is C21H22N6O. The molecule has 1 saturated heterocycles. The Bertz CT molecular complexity index is 896. The number of carbonyl (C=O) groups excluding carboxylic acids is 1. The number of aromatic nitrogens is 1. The predicted octanol–water partition coefficient (Wildman–Crippen LogP) is 2.17. The maximum atomic E-state index is 12.2. The second-order valence-electron chi connectivity index (χ2n) is 6.66. The molecule has 2 N–H and O–H groups in total. The minimum atomic E-state index is -0.276. The van der Waals surface area contributed by atoms with Crippen LogP contribution in [-0.4, -0.2) is 34.9 Å². The molecule has 1 aromatic heterocycles. The first-order valence-electron chi connectivity index (χ1n) is 9.28. The van der Waals surface area contributed by atoms with Gasteiger partial charge in [-0.1, -0.05) is 24.3 Å². The number of hydrogen-bond acceptors (Lipinski definition) is 6. The van der Waals surface area contributed by atoms with Gasteiger partial charge in [0.05, 0.1) is 18.2 Å². The third-order valence-corrected chi connectivity index (χ3v) is 4.74. The molecule has 1 aromatic carbocycles. The van der Waals surface area contributed by atoms with E-state index in [0.29, 0.717) is 31.0 Å². The quantitative estimate of drug-likeness (QED) is 0.770. The summed E-state index contributed by atoms with van der Waals surface area (Å²) in [5.74, 6) is 0.556. The largest absolute Gasteiger partial charge is 0.365 e. The molecule has 0 spiro atoms. The Balaban J connectivity index is 1.45. The summed E-state index contributed by atoms with van der Waals surface area (Å²) in [6, 6.07) is 15.5. The Labute approximate surface area is 164 Å². The van der Waals surface area contributed by atoms with Crippen LogP contribution in [0.5, 0.6) is 0 Å². The summed E-state index contributed by atoms with van der Waals surface area (Å²) < 4.78 is 0. The van der Waals surface area contributed by atoms with Crippen LogP contribution in [0.1, 0.15) is 29.5 Å². The molecule has 0 bridgehead atoms. The van der Waals surface area contributed by atoms with Crippen LogP contribution in [0.25, 0.3) is 0 Å². The standard InChI is InChI=1S/C21H22N6O/c22-11-18-3-1-9-25-21(18)26-14-17-7-5-16(6-8-17)13-24-15-20(28)27-10-2-4-19(27)12-23/h1,3,5-9,19,24H,2,4,10,13-15H2,(H,25,26)/t19-/m0/s1. The van der Waals surface area contributed by atoms with E-state index in [2.05, 4.69) is 27.8 Å². The number of nitrogens with one attached hydrogen (secondary N) is 2. The normalized spacial score (nSPS) is 15.6. The summed E-state index contributed by atoms with van der Waals surface area (Å²) in [5, 5.41) is 24.5. The molecule has 2 heterocycles. The average Bonchev–Trinajstić information content (AvgIpc) is 3.22. The molecule has 1 atom stereocenters. The number of pyridine rings is 1. The van der Waals surface area contributed by atoms with Crippen molar-refractivity contribution in [3.63, 3.8) is 0 Å². The summed E-state index contributed by atoms with van der Waals surface area (Å²) in [6.45, 7) is 2.06. The van der Waals surface area contributed by atoms with Crippen LogP contribution in [-0.2, 0) is 17.9 Å². The van der Waals surface area contributed by atoms with Crippen LogP contribution < -0.4 is 10.6 Å². The molecule has 7 nitrogen and oxygen atoms in total. The molecule has 1 fully saturated rings. The first-order valence-corrected chi connectivity index (χ1v) is 9.28. The minimum Gasteiger partial charge on any atom is -0.365 e. The molecule has 0 radical (unpaired) electrons. The van der Waals surface area contributed by atoms with Gasteiger partial charge in [0.1, 0.15) is 17.9 Å². The van der Waals surface area contributed by atoms with Crippen molar-refractivity contribution in [3.8, 4) is 12.1 Å². The summed E-state index contributed by atoms with van der Waals surface area (Å²) in [4.78, 5) is 18.1. The van der Waals surface area contributed by atoms with E-state index in [1.807, 2.05) is 24.3 Å². The summed E-state index contributed by atoms with van der Waals surface area (Å²) >= 11 is 0.